The largest absolute Gasteiger partial charge is 0.446 e. The number of ether oxygens (including phenoxy) is 1. The van der Waals surface area contributed by atoms with Crippen molar-refractivity contribution in [3.63, 3.8) is 0 Å². The van der Waals surface area contributed by atoms with Crippen LogP contribution in [-0.2, 0) is 22.4 Å². The van der Waals surface area contributed by atoms with Crippen molar-refractivity contribution in [1.82, 2.24) is 4.90 Å². The molecule has 144 valence electrons. The Bertz CT molecular complexity index is 952. The SMILES string of the molecule is N#Cc1c(NC(=O)C=Cc2ccsc2)sc2c1CCC(OC(=O)N1CCC1)C2. The lowest BCUT2D eigenvalue weighted by Gasteiger charge is -2.32. The minimum Gasteiger partial charge on any atom is -0.446 e. The molecule has 2 amide bonds. The lowest BCUT2D eigenvalue weighted by Crippen LogP contribution is -2.44. The van der Waals surface area contributed by atoms with Crippen LogP contribution in [0.2, 0.25) is 0 Å². The Labute approximate surface area is 171 Å². The standard InChI is InChI=1S/C20H19N3O3S2/c21-11-16-15-4-3-14(26-20(25)23-7-1-8-23)10-17(15)28-19(16)22-18(24)5-2-13-6-9-27-12-13/h2,5-6,9,12,14H,1,3-4,7-8,10H2,(H,22,24). The highest BCUT2D eigenvalue weighted by molar-refractivity contribution is 7.16. The minimum atomic E-state index is -0.262. The molecule has 1 aliphatic carbocycles. The first-order valence-corrected chi connectivity index (χ1v) is 10.9. The van der Waals surface area contributed by atoms with Gasteiger partial charge in [-0.3, -0.25) is 4.79 Å². The molecule has 0 bridgehead atoms. The molecule has 2 aliphatic rings. The van der Waals surface area contributed by atoms with Crippen LogP contribution in [0.25, 0.3) is 6.08 Å². The summed E-state index contributed by atoms with van der Waals surface area (Å²) in [6, 6.07) is 4.16. The highest BCUT2D eigenvalue weighted by Crippen LogP contribution is 2.38. The van der Waals surface area contributed by atoms with Gasteiger partial charge in [0.25, 0.3) is 0 Å². The molecular formula is C20H19N3O3S2. The number of nitrogens with zero attached hydrogens (tertiary/aromatic N) is 2. The molecule has 2 aromatic rings. The maximum absolute atomic E-state index is 12.2. The molecule has 4 rings (SSSR count). The van der Waals surface area contributed by atoms with Crippen LogP contribution in [0.1, 0.15) is 34.4 Å². The highest BCUT2D eigenvalue weighted by Gasteiger charge is 2.30. The first-order valence-electron chi connectivity index (χ1n) is 9.15. The Kier molecular flexibility index (Phi) is 5.46. The van der Waals surface area contributed by atoms with Gasteiger partial charge in [0, 0.05) is 30.5 Å². The third-order valence-corrected chi connectivity index (χ3v) is 6.79. The topological polar surface area (TPSA) is 82.4 Å². The normalized spacial score (nSPS) is 18.2. The molecule has 2 aromatic heterocycles. The minimum absolute atomic E-state index is 0.173. The predicted molar refractivity (Wildman–Crippen MR) is 110 cm³/mol. The summed E-state index contributed by atoms with van der Waals surface area (Å²) in [5, 5.41) is 16.9. The lowest BCUT2D eigenvalue weighted by molar-refractivity contribution is -0.111. The number of nitrogens with one attached hydrogen (secondary N) is 1. The molecule has 0 saturated carbocycles. The molecule has 1 atom stereocenters. The maximum Gasteiger partial charge on any atom is 0.410 e. The van der Waals surface area contributed by atoms with Crippen LogP contribution in [0.3, 0.4) is 0 Å². The first kappa shape index (κ1) is 18.7. The molecular weight excluding hydrogens is 394 g/mol. The van der Waals surface area contributed by atoms with E-state index in [4.69, 9.17) is 4.74 Å². The number of hydrogen-bond acceptors (Lipinski definition) is 6. The summed E-state index contributed by atoms with van der Waals surface area (Å²) in [4.78, 5) is 27.0. The third kappa shape index (κ3) is 3.96. The molecule has 1 N–H and O–H groups in total. The molecule has 1 unspecified atom stereocenters. The van der Waals surface area contributed by atoms with Crippen LogP contribution >= 0.6 is 22.7 Å². The number of carbonyl (C=O) groups excluding carboxylic acids is 2. The number of amides is 2. The number of carbonyl (C=O) groups is 2. The summed E-state index contributed by atoms with van der Waals surface area (Å²) in [6.45, 7) is 1.53. The van der Waals surface area contributed by atoms with Crippen LogP contribution < -0.4 is 5.32 Å². The van der Waals surface area contributed by atoms with Crippen LogP contribution in [-0.4, -0.2) is 36.1 Å². The zero-order valence-electron chi connectivity index (χ0n) is 15.1. The van der Waals surface area contributed by atoms with Gasteiger partial charge in [0.15, 0.2) is 0 Å². The van der Waals surface area contributed by atoms with Gasteiger partial charge in [-0.15, -0.1) is 11.3 Å². The van der Waals surface area contributed by atoms with E-state index in [1.54, 1.807) is 22.3 Å². The van der Waals surface area contributed by atoms with Crippen molar-refractivity contribution in [2.75, 3.05) is 18.4 Å². The van der Waals surface area contributed by atoms with Crippen molar-refractivity contribution in [3.05, 3.63) is 44.5 Å². The van der Waals surface area contributed by atoms with Gasteiger partial charge >= 0.3 is 6.09 Å². The number of rotatable bonds is 4. The van der Waals surface area contributed by atoms with Gasteiger partial charge in [-0.1, -0.05) is 0 Å². The second-order valence-corrected chi connectivity index (χ2v) is 8.67. The van der Waals surface area contributed by atoms with E-state index in [9.17, 15) is 14.9 Å². The Morgan fingerprint density at radius 1 is 1.39 bits per heavy atom. The zero-order valence-corrected chi connectivity index (χ0v) is 16.8. The molecule has 28 heavy (non-hydrogen) atoms. The van der Waals surface area contributed by atoms with E-state index < -0.39 is 0 Å². The van der Waals surface area contributed by atoms with Gasteiger partial charge in [-0.05, 0) is 53.3 Å². The van der Waals surface area contributed by atoms with Crippen molar-refractivity contribution >= 4 is 45.8 Å². The highest BCUT2D eigenvalue weighted by atomic mass is 32.1. The summed E-state index contributed by atoms with van der Waals surface area (Å²) in [7, 11) is 0. The molecule has 3 heterocycles. The number of anilines is 1. The molecule has 1 saturated heterocycles. The molecule has 0 radical (unpaired) electrons. The Balaban J connectivity index is 1.43. The monoisotopic (exact) mass is 413 g/mol. The number of likely N-dealkylation sites (tertiary alicyclic amines) is 1. The van der Waals surface area contributed by atoms with Crippen molar-refractivity contribution < 1.29 is 14.3 Å². The smallest absolute Gasteiger partial charge is 0.410 e. The van der Waals surface area contributed by atoms with Crippen LogP contribution in [0, 0.1) is 11.3 Å². The second-order valence-electron chi connectivity index (χ2n) is 6.79. The number of fused-ring (bicyclic) bond motifs is 1. The van der Waals surface area contributed by atoms with E-state index in [1.165, 1.54) is 17.4 Å². The van der Waals surface area contributed by atoms with Crippen LogP contribution in [0.5, 0.6) is 0 Å². The zero-order chi connectivity index (χ0) is 19.5. The number of nitriles is 1. The summed E-state index contributed by atoms with van der Waals surface area (Å²) in [5.74, 6) is -0.262. The predicted octanol–water partition coefficient (Wildman–Crippen LogP) is 4.03. The van der Waals surface area contributed by atoms with Crippen molar-refractivity contribution in [2.45, 2.75) is 31.8 Å². The fourth-order valence-electron chi connectivity index (χ4n) is 3.27. The maximum atomic E-state index is 12.2. The van der Waals surface area contributed by atoms with Gasteiger partial charge in [0.2, 0.25) is 5.91 Å². The molecule has 0 aromatic carbocycles. The average molecular weight is 414 g/mol. The summed E-state index contributed by atoms with van der Waals surface area (Å²) >= 11 is 2.97. The number of thiophene rings is 2. The Morgan fingerprint density at radius 3 is 2.93 bits per heavy atom. The van der Waals surface area contributed by atoms with E-state index in [-0.39, 0.29) is 18.1 Å². The first-order chi connectivity index (χ1) is 13.6. The van der Waals surface area contributed by atoms with E-state index in [0.29, 0.717) is 29.8 Å². The van der Waals surface area contributed by atoms with E-state index in [2.05, 4.69) is 11.4 Å². The molecule has 1 aliphatic heterocycles. The van der Waals surface area contributed by atoms with Crippen molar-refractivity contribution in [2.24, 2.45) is 0 Å². The van der Waals surface area contributed by atoms with Crippen molar-refractivity contribution in [1.29, 1.82) is 5.26 Å². The van der Waals surface area contributed by atoms with Gasteiger partial charge in [0.05, 0.1) is 5.56 Å². The average Bonchev–Trinajstić information content (AvgIpc) is 3.25. The van der Waals surface area contributed by atoms with Crippen LogP contribution in [0.15, 0.2) is 22.9 Å². The molecule has 8 heteroatoms. The molecule has 0 spiro atoms. The quantitative estimate of drug-likeness (QED) is 0.767. The van der Waals surface area contributed by atoms with E-state index in [1.807, 2.05) is 16.8 Å². The Morgan fingerprint density at radius 2 is 2.25 bits per heavy atom. The van der Waals surface area contributed by atoms with Gasteiger partial charge in [-0.25, -0.2) is 4.79 Å². The van der Waals surface area contributed by atoms with E-state index in [0.717, 1.165) is 35.5 Å². The van der Waals surface area contributed by atoms with E-state index >= 15 is 0 Å². The van der Waals surface area contributed by atoms with Crippen LogP contribution in [0.4, 0.5) is 9.80 Å². The second kappa shape index (κ2) is 8.17. The third-order valence-electron chi connectivity index (χ3n) is 4.92. The fourth-order valence-corrected chi connectivity index (χ4v) is 5.17. The summed E-state index contributed by atoms with van der Waals surface area (Å²) < 4.78 is 5.61. The molecule has 6 nitrogen and oxygen atoms in total. The summed E-state index contributed by atoms with van der Waals surface area (Å²) in [6.07, 6.45) is 5.79. The summed E-state index contributed by atoms with van der Waals surface area (Å²) in [5.41, 5.74) is 2.48. The van der Waals surface area contributed by atoms with Gasteiger partial charge < -0.3 is 15.0 Å². The number of hydrogen-bond donors (Lipinski definition) is 1. The van der Waals surface area contributed by atoms with Gasteiger partial charge in [0.1, 0.15) is 17.2 Å². The van der Waals surface area contributed by atoms with Gasteiger partial charge in [-0.2, -0.15) is 16.6 Å². The fraction of sp³-hybridized carbons (Fsp3) is 0.350. The lowest BCUT2D eigenvalue weighted by atomic mass is 9.94. The Hall–Kier alpha value is -2.63. The molecule has 1 fully saturated rings. The van der Waals surface area contributed by atoms with Crippen molar-refractivity contribution in [3.8, 4) is 6.07 Å².